The van der Waals surface area contributed by atoms with Crippen LogP contribution in [-0.4, -0.2) is 32.1 Å². The Kier molecular flexibility index (Phi) is 5.40. The lowest BCUT2D eigenvalue weighted by atomic mass is 9.95. The van der Waals surface area contributed by atoms with Crippen molar-refractivity contribution in [1.29, 1.82) is 0 Å². The number of hydrogen-bond acceptors (Lipinski definition) is 3. The van der Waals surface area contributed by atoms with Gasteiger partial charge in [0.05, 0.1) is 19.1 Å². The molecular formula is C15H21ClN2O2. The number of fused-ring (bicyclic) bond motifs is 1. The number of nitrogens with one attached hydrogen (secondary N) is 2. The first-order chi connectivity index (χ1) is 9.33. The molecule has 0 aliphatic carbocycles. The van der Waals surface area contributed by atoms with Gasteiger partial charge in [0.2, 0.25) is 5.91 Å². The van der Waals surface area contributed by atoms with Crippen molar-refractivity contribution >= 4 is 18.3 Å². The van der Waals surface area contributed by atoms with Crippen LogP contribution >= 0.6 is 12.4 Å². The van der Waals surface area contributed by atoms with Crippen LogP contribution in [0.3, 0.4) is 0 Å². The molecule has 1 amide bonds. The predicted octanol–water partition coefficient (Wildman–Crippen LogP) is 1.45. The van der Waals surface area contributed by atoms with Crippen LogP contribution in [-0.2, 0) is 16.0 Å². The number of hydrogen-bond donors (Lipinski definition) is 2. The molecule has 110 valence electrons. The number of benzene rings is 1. The third-order valence-electron chi connectivity index (χ3n) is 3.92. The Morgan fingerprint density at radius 3 is 2.90 bits per heavy atom. The van der Waals surface area contributed by atoms with E-state index in [9.17, 15) is 4.79 Å². The fourth-order valence-corrected chi connectivity index (χ4v) is 2.64. The standard InChI is InChI=1S/C15H20N2O2.ClH/c18-15(17-10-11-8-16-9-11)7-14-13-4-2-1-3-12(13)5-6-19-14;/h1-4,11,14,16H,5-10H2,(H,17,18);1H. The molecule has 3 rings (SSSR count). The molecule has 2 aliphatic heterocycles. The molecule has 0 radical (unpaired) electrons. The molecule has 1 saturated heterocycles. The van der Waals surface area contributed by atoms with Crippen LogP contribution in [0, 0.1) is 5.92 Å². The van der Waals surface area contributed by atoms with Crippen molar-refractivity contribution in [1.82, 2.24) is 10.6 Å². The zero-order valence-corrected chi connectivity index (χ0v) is 12.2. The molecule has 1 unspecified atom stereocenters. The molecule has 20 heavy (non-hydrogen) atoms. The lowest BCUT2D eigenvalue weighted by Crippen LogP contribution is -2.48. The number of ether oxygens (including phenoxy) is 1. The van der Waals surface area contributed by atoms with Crippen LogP contribution in [0.15, 0.2) is 24.3 Å². The zero-order chi connectivity index (χ0) is 13.1. The molecule has 4 nitrogen and oxygen atoms in total. The second-order valence-electron chi connectivity index (χ2n) is 5.34. The third-order valence-corrected chi connectivity index (χ3v) is 3.92. The van der Waals surface area contributed by atoms with Gasteiger partial charge in [0.15, 0.2) is 0 Å². The fourth-order valence-electron chi connectivity index (χ4n) is 2.64. The number of carbonyl (C=O) groups is 1. The average molecular weight is 297 g/mol. The summed E-state index contributed by atoms with van der Waals surface area (Å²) >= 11 is 0. The maximum atomic E-state index is 12.0. The van der Waals surface area contributed by atoms with Gasteiger partial charge in [0.25, 0.3) is 0 Å². The molecule has 5 heteroatoms. The van der Waals surface area contributed by atoms with Gasteiger partial charge in [-0.3, -0.25) is 4.79 Å². The summed E-state index contributed by atoms with van der Waals surface area (Å²) in [7, 11) is 0. The van der Waals surface area contributed by atoms with E-state index in [0.29, 0.717) is 18.9 Å². The van der Waals surface area contributed by atoms with Crippen LogP contribution in [0.2, 0.25) is 0 Å². The van der Waals surface area contributed by atoms with Gasteiger partial charge in [0.1, 0.15) is 0 Å². The normalized spacial score (nSPS) is 21.3. The van der Waals surface area contributed by atoms with Crippen LogP contribution < -0.4 is 10.6 Å². The minimum absolute atomic E-state index is 0. The molecule has 1 aromatic rings. The highest BCUT2D eigenvalue weighted by Gasteiger charge is 2.24. The van der Waals surface area contributed by atoms with E-state index < -0.39 is 0 Å². The molecule has 2 heterocycles. The molecule has 1 fully saturated rings. The van der Waals surface area contributed by atoms with Crippen LogP contribution in [0.4, 0.5) is 0 Å². The maximum absolute atomic E-state index is 12.0. The summed E-state index contributed by atoms with van der Waals surface area (Å²) in [6.07, 6.45) is 1.30. The van der Waals surface area contributed by atoms with E-state index in [1.54, 1.807) is 0 Å². The smallest absolute Gasteiger partial charge is 0.222 e. The van der Waals surface area contributed by atoms with Crippen LogP contribution in [0.1, 0.15) is 23.7 Å². The van der Waals surface area contributed by atoms with Crippen molar-refractivity contribution in [2.75, 3.05) is 26.2 Å². The van der Waals surface area contributed by atoms with Crippen molar-refractivity contribution < 1.29 is 9.53 Å². The summed E-state index contributed by atoms with van der Waals surface area (Å²) in [6.45, 7) is 3.52. The van der Waals surface area contributed by atoms with Crippen molar-refractivity contribution in [3.8, 4) is 0 Å². The Bertz CT molecular complexity index is 463. The van der Waals surface area contributed by atoms with E-state index in [-0.39, 0.29) is 24.4 Å². The molecule has 0 spiro atoms. The fraction of sp³-hybridized carbons (Fsp3) is 0.533. The molecule has 1 aromatic carbocycles. The minimum Gasteiger partial charge on any atom is -0.373 e. The first-order valence-corrected chi connectivity index (χ1v) is 7.00. The molecule has 0 aromatic heterocycles. The highest BCUT2D eigenvalue weighted by Crippen LogP contribution is 2.29. The van der Waals surface area contributed by atoms with Gasteiger partial charge in [-0.25, -0.2) is 0 Å². The lowest BCUT2D eigenvalue weighted by Gasteiger charge is -2.28. The van der Waals surface area contributed by atoms with Crippen LogP contribution in [0.25, 0.3) is 0 Å². The van der Waals surface area contributed by atoms with Crippen molar-refractivity contribution in [2.24, 2.45) is 5.92 Å². The van der Waals surface area contributed by atoms with E-state index in [4.69, 9.17) is 4.74 Å². The summed E-state index contributed by atoms with van der Waals surface area (Å²) in [5.41, 5.74) is 2.49. The Hall–Kier alpha value is -1.10. The zero-order valence-electron chi connectivity index (χ0n) is 11.4. The lowest BCUT2D eigenvalue weighted by molar-refractivity contribution is -0.124. The van der Waals surface area contributed by atoms with E-state index >= 15 is 0 Å². The molecule has 0 bridgehead atoms. The molecule has 2 N–H and O–H groups in total. The predicted molar refractivity (Wildman–Crippen MR) is 80.1 cm³/mol. The van der Waals surface area contributed by atoms with Gasteiger partial charge in [0, 0.05) is 25.6 Å². The highest BCUT2D eigenvalue weighted by atomic mass is 35.5. The monoisotopic (exact) mass is 296 g/mol. The quantitative estimate of drug-likeness (QED) is 0.884. The number of halogens is 1. The number of rotatable bonds is 4. The van der Waals surface area contributed by atoms with E-state index in [1.165, 1.54) is 11.1 Å². The van der Waals surface area contributed by atoms with Gasteiger partial charge in [-0.1, -0.05) is 24.3 Å². The Labute approximate surface area is 125 Å². The topological polar surface area (TPSA) is 50.4 Å². The Balaban J connectivity index is 0.00000147. The van der Waals surface area contributed by atoms with Gasteiger partial charge < -0.3 is 15.4 Å². The first-order valence-electron chi connectivity index (χ1n) is 7.00. The summed E-state index contributed by atoms with van der Waals surface area (Å²) in [6, 6.07) is 8.26. The maximum Gasteiger partial charge on any atom is 0.222 e. The first kappa shape index (κ1) is 15.3. The highest BCUT2D eigenvalue weighted by molar-refractivity contribution is 5.85. The second-order valence-corrected chi connectivity index (χ2v) is 5.34. The van der Waals surface area contributed by atoms with E-state index in [1.807, 2.05) is 12.1 Å². The SMILES string of the molecule is Cl.O=C(CC1OCCc2ccccc21)NCC1CNC1. The summed E-state index contributed by atoms with van der Waals surface area (Å²) < 4.78 is 5.75. The summed E-state index contributed by atoms with van der Waals surface area (Å²) in [5, 5.41) is 6.21. The van der Waals surface area contributed by atoms with E-state index in [0.717, 1.165) is 26.1 Å². The minimum atomic E-state index is -0.0792. The molecule has 1 atom stereocenters. The average Bonchev–Trinajstić information content (AvgIpc) is 2.37. The Morgan fingerprint density at radius 2 is 2.15 bits per heavy atom. The Morgan fingerprint density at radius 1 is 1.35 bits per heavy atom. The van der Waals surface area contributed by atoms with Gasteiger partial charge in [-0.2, -0.15) is 0 Å². The second kappa shape index (κ2) is 7.07. The van der Waals surface area contributed by atoms with Crippen molar-refractivity contribution in [3.05, 3.63) is 35.4 Å². The largest absolute Gasteiger partial charge is 0.373 e. The van der Waals surface area contributed by atoms with Gasteiger partial charge in [-0.05, 0) is 17.5 Å². The molecular weight excluding hydrogens is 276 g/mol. The molecule has 0 saturated carbocycles. The number of carbonyl (C=O) groups excluding carboxylic acids is 1. The summed E-state index contributed by atoms with van der Waals surface area (Å²) in [5.74, 6) is 0.692. The van der Waals surface area contributed by atoms with E-state index in [2.05, 4.69) is 22.8 Å². The van der Waals surface area contributed by atoms with Crippen molar-refractivity contribution in [2.45, 2.75) is 18.9 Å². The van der Waals surface area contributed by atoms with Crippen LogP contribution in [0.5, 0.6) is 0 Å². The van der Waals surface area contributed by atoms with Gasteiger partial charge >= 0.3 is 0 Å². The summed E-state index contributed by atoms with van der Waals surface area (Å²) in [4.78, 5) is 12.0. The van der Waals surface area contributed by atoms with Gasteiger partial charge in [-0.15, -0.1) is 12.4 Å². The van der Waals surface area contributed by atoms with Crippen molar-refractivity contribution in [3.63, 3.8) is 0 Å². The third kappa shape index (κ3) is 3.51. The molecule has 2 aliphatic rings. The number of amides is 1.